The first-order valence-corrected chi connectivity index (χ1v) is 7.89. The fourth-order valence-electron chi connectivity index (χ4n) is 3.25. The van der Waals surface area contributed by atoms with Crippen LogP contribution in [0.2, 0.25) is 0 Å². The average Bonchev–Trinajstić information content (AvgIpc) is 2.74. The highest BCUT2D eigenvalue weighted by Crippen LogP contribution is 2.29. The summed E-state index contributed by atoms with van der Waals surface area (Å²) in [6.07, 6.45) is 0. The largest absolute Gasteiger partial charge is 0.315 e. The second-order valence-electron chi connectivity index (χ2n) is 6.03. The van der Waals surface area contributed by atoms with E-state index in [-0.39, 0.29) is 0 Å². The average molecular weight is 280 g/mol. The summed E-state index contributed by atoms with van der Waals surface area (Å²) in [5, 5.41) is 3.54. The monoisotopic (exact) mass is 280 g/mol. The number of nitrogens with zero attached hydrogens (tertiary/aromatic N) is 1. The van der Waals surface area contributed by atoms with Crippen LogP contribution < -0.4 is 5.32 Å². The molecule has 1 aliphatic heterocycles. The molecule has 1 atom stereocenters. The number of hydrogen-bond acceptors (Lipinski definition) is 2. The van der Waals surface area contributed by atoms with Crippen LogP contribution in [0.25, 0.3) is 0 Å². The smallest absolute Gasteiger partial charge is 0.0602 e. The Kier molecular flexibility index (Phi) is 4.69. The summed E-state index contributed by atoms with van der Waals surface area (Å²) < 4.78 is 0. The quantitative estimate of drug-likeness (QED) is 0.928. The zero-order valence-electron chi connectivity index (χ0n) is 12.7. The van der Waals surface area contributed by atoms with Crippen molar-refractivity contribution in [3.05, 3.63) is 71.8 Å². The molecular weight excluding hydrogens is 256 g/mol. The number of hydrogen-bond donors (Lipinski definition) is 1. The number of nitrogens with one attached hydrogen (secondary N) is 1. The van der Waals surface area contributed by atoms with Crippen molar-refractivity contribution >= 4 is 0 Å². The molecule has 0 bridgehead atoms. The molecule has 1 unspecified atom stereocenters. The zero-order valence-corrected chi connectivity index (χ0v) is 12.7. The maximum Gasteiger partial charge on any atom is 0.0602 e. The SMILES string of the molecule is CC1CNCCN(C(c2ccccc2)c2ccccc2)C1. The minimum absolute atomic E-state index is 0.356. The first-order chi connectivity index (χ1) is 10.3. The van der Waals surface area contributed by atoms with Crippen LogP contribution in [0.15, 0.2) is 60.7 Å². The molecule has 2 heteroatoms. The van der Waals surface area contributed by atoms with E-state index >= 15 is 0 Å². The maximum absolute atomic E-state index is 3.54. The first kappa shape index (κ1) is 14.3. The summed E-state index contributed by atoms with van der Waals surface area (Å²) in [6, 6.07) is 22.1. The van der Waals surface area contributed by atoms with Crippen LogP contribution in [-0.2, 0) is 0 Å². The lowest BCUT2D eigenvalue weighted by Crippen LogP contribution is -2.34. The molecule has 1 saturated heterocycles. The van der Waals surface area contributed by atoms with E-state index < -0.39 is 0 Å². The van der Waals surface area contributed by atoms with Crippen molar-refractivity contribution in [2.45, 2.75) is 13.0 Å². The molecular formula is C19H24N2. The van der Waals surface area contributed by atoms with Gasteiger partial charge in [-0.15, -0.1) is 0 Å². The molecule has 2 aromatic rings. The molecule has 1 heterocycles. The number of rotatable bonds is 3. The van der Waals surface area contributed by atoms with Crippen LogP contribution in [0.5, 0.6) is 0 Å². The van der Waals surface area contributed by atoms with Crippen LogP contribution in [0.4, 0.5) is 0 Å². The summed E-state index contributed by atoms with van der Waals surface area (Å²) in [4.78, 5) is 2.62. The van der Waals surface area contributed by atoms with E-state index in [1.807, 2.05) is 0 Å². The van der Waals surface area contributed by atoms with Crippen molar-refractivity contribution in [2.75, 3.05) is 26.2 Å². The summed E-state index contributed by atoms with van der Waals surface area (Å²) in [7, 11) is 0. The van der Waals surface area contributed by atoms with E-state index in [0.717, 1.165) is 26.2 Å². The Hall–Kier alpha value is -1.64. The second kappa shape index (κ2) is 6.88. The molecule has 2 nitrogen and oxygen atoms in total. The van der Waals surface area contributed by atoms with Crippen molar-refractivity contribution in [1.82, 2.24) is 10.2 Å². The van der Waals surface area contributed by atoms with Crippen LogP contribution in [0.1, 0.15) is 24.1 Å². The van der Waals surface area contributed by atoms with Gasteiger partial charge in [0.15, 0.2) is 0 Å². The van der Waals surface area contributed by atoms with Crippen LogP contribution in [-0.4, -0.2) is 31.1 Å². The standard InChI is InChI=1S/C19H24N2/c1-16-14-20-12-13-21(15-16)19(17-8-4-2-5-9-17)18-10-6-3-7-11-18/h2-11,16,19-20H,12-15H2,1H3. The van der Waals surface area contributed by atoms with Gasteiger partial charge in [0.25, 0.3) is 0 Å². The number of benzene rings is 2. The third kappa shape index (κ3) is 3.52. The fourth-order valence-corrected chi connectivity index (χ4v) is 3.25. The Morgan fingerprint density at radius 3 is 2.10 bits per heavy atom. The highest BCUT2D eigenvalue weighted by molar-refractivity contribution is 5.31. The van der Waals surface area contributed by atoms with Gasteiger partial charge in [-0.05, 0) is 23.6 Å². The predicted molar refractivity (Wildman–Crippen MR) is 88.3 cm³/mol. The van der Waals surface area contributed by atoms with Crippen LogP contribution >= 0.6 is 0 Å². The Labute approximate surface area is 127 Å². The molecule has 0 aromatic heterocycles. The third-order valence-corrected chi connectivity index (χ3v) is 4.21. The molecule has 0 saturated carbocycles. The maximum atomic E-state index is 3.54. The van der Waals surface area contributed by atoms with Gasteiger partial charge in [0.1, 0.15) is 0 Å². The van der Waals surface area contributed by atoms with E-state index in [1.165, 1.54) is 11.1 Å². The molecule has 0 spiro atoms. The van der Waals surface area contributed by atoms with Gasteiger partial charge in [0, 0.05) is 19.6 Å². The van der Waals surface area contributed by atoms with Gasteiger partial charge in [-0.1, -0.05) is 67.6 Å². The minimum Gasteiger partial charge on any atom is -0.315 e. The van der Waals surface area contributed by atoms with Gasteiger partial charge >= 0.3 is 0 Å². The summed E-state index contributed by atoms with van der Waals surface area (Å²) >= 11 is 0. The molecule has 1 aliphatic rings. The minimum atomic E-state index is 0.356. The summed E-state index contributed by atoms with van der Waals surface area (Å²) in [5.74, 6) is 0.683. The van der Waals surface area contributed by atoms with Gasteiger partial charge in [-0.3, -0.25) is 4.90 Å². The molecule has 1 N–H and O–H groups in total. The van der Waals surface area contributed by atoms with Crippen molar-refractivity contribution in [3.63, 3.8) is 0 Å². The second-order valence-corrected chi connectivity index (χ2v) is 6.03. The molecule has 21 heavy (non-hydrogen) atoms. The van der Waals surface area contributed by atoms with Gasteiger partial charge in [0.2, 0.25) is 0 Å². The van der Waals surface area contributed by atoms with Crippen molar-refractivity contribution in [1.29, 1.82) is 0 Å². The van der Waals surface area contributed by atoms with Crippen molar-refractivity contribution < 1.29 is 0 Å². The molecule has 0 amide bonds. The lowest BCUT2D eigenvalue weighted by Gasteiger charge is -2.32. The highest BCUT2D eigenvalue weighted by Gasteiger charge is 2.24. The summed E-state index contributed by atoms with van der Waals surface area (Å²) in [5.41, 5.74) is 2.77. The van der Waals surface area contributed by atoms with Gasteiger partial charge in [-0.25, -0.2) is 0 Å². The molecule has 3 rings (SSSR count). The van der Waals surface area contributed by atoms with Crippen molar-refractivity contribution in [3.8, 4) is 0 Å². The Morgan fingerprint density at radius 2 is 1.52 bits per heavy atom. The molecule has 2 aromatic carbocycles. The van der Waals surface area contributed by atoms with Crippen LogP contribution in [0, 0.1) is 5.92 Å². The Bertz CT molecular complexity index is 499. The topological polar surface area (TPSA) is 15.3 Å². The van der Waals surface area contributed by atoms with E-state index in [0.29, 0.717) is 12.0 Å². The molecule has 0 radical (unpaired) electrons. The molecule has 110 valence electrons. The van der Waals surface area contributed by atoms with Crippen molar-refractivity contribution in [2.24, 2.45) is 5.92 Å². The zero-order chi connectivity index (χ0) is 14.5. The van der Waals surface area contributed by atoms with E-state index in [2.05, 4.69) is 77.8 Å². The molecule has 0 aliphatic carbocycles. The lowest BCUT2D eigenvalue weighted by molar-refractivity contribution is 0.218. The highest BCUT2D eigenvalue weighted by atomic mass is 15.2. The van der Waals surface area contributed by atoms with Gasteiger partial charge in [0.05, 0.1) is 6.04 Å². The van der Waals surface area contributed by atoms with Crippen LogP contribution in [0.3, 0.4) is 0 Å². The van der Waals surface area contributed by atoms with Gasteiger partial charge in [-0.2, -0.15) is 0 Å². The fraction of sp³-hybridized carbons (Fsp3) is 0.368. The Morgan fingerprint density at radius 1 is 0.952 bits per heavy atom. The van der Waals surface area contributed by atoms with E-state index in [1.54, 1.807) is 0 Å². The predicted octanol–water partition coefficient (Wildman–Crippen LogP) is 3.32. The summed E-state index contributed by atoms with van der Waals surface area (Å²) in [6.45, 7) is 6.76. The molecule has 1 fully saturated rings. The van der Waals surface area contributed by atoms with E-state index in [4.69, 9.17) is 0 Å². The third-order valence-electron chi connectivity index (χ3n) is 4.21. The normalized spacial score (nSPS) is 20.4. The lowest BCUT2D eigenvalue weighted by atomic mass is 9.96. The Balaban J connectivity index is 1.96. The van der Waals surface area contributed by atoms with Gasteiger partial charge < -0.3 is 5.32 Å². The van der Waals surface area contributed by atoms with E-state index in [9.17, 15) is 0 Å². The first-order valence-electron chi connectivity index (χ1n) is 7.89.